The minimum absolute atomic E-state index is 0.176. The van der Waals surface area contributed by atoms with Crippen LogP contribution in [0.25, 0.3) is 11.4 Å². The molecule has 26 heavy (non-hydrogen) atoms. The molecule has 4 rings (SSSR count). The maximum atomic E-state index is 13.0. The van der Waals surface area contributed by atoms with E-state index in [0.29, 0.717) is 36.0 Å². The Balaban J connectivity index is 1.31. The molecule has 1 aromatic heterocycles. The van der Waals surface area contributed by atoms with Gasteiger partial charge in [0.1, 0.15) is 5.82 Å². The highest BCUT2D eigenvalue weighted by molar-refractivity contribution is 5.76. The third-order valence-corrected chi connectivity index (χ3v) is 5.77. The first-order chi connectivity index (χ1) is 12.7. The first kappa shape index (κ1) is 17.2. The molecule has 1 aliphatic heterocycles. The normalized spacial score (nSPS) is 22.9. The van der Waals surface area contributed by atoms with Crippen LogP contribution in [0.1, 0.15) is 44.4 Å². The number of piperidine rings is 1. The van der Waals surface area contributed by atoms with Gasteiger partial charge in [-0.15, -0.1) is 0 Å². The molecule has 0 bridgehead atoms. The van der Waals surface area contributed by atoms with Crippen molar-refractivity contribution < 1.29 is 13.7 Å². The van der Waals surface area contributed by atoms with Crippen molar-refractivity contribution in [2.45, 2.75) is 44.9 Å². The number of hydrogen-bond donors (Lipinski definition) is 0. The Hall–Kier alpha value is -2.24. The molecule has 2 aliphatic rings. The smallest absolute Gasteiger partial charge is 0.227 e. The number of carbonyl (C=O) groups is 1. The molecule has 2 atom stereocenters. The van der Waals surface area contributed by atoms with E-state index in [0.717, 1.165) is 25.4 Å². The number of fused-ring (bicyclic) bond motifs is 1. The largest absolute Gasteiger partial charge is 0.342 e. The van der Waals surface area contributed by atoms with Crippen LogP contribution in [-0.2, 0) is 11.2 Å². The van der Waals surface area contributed by atoms with Gasteiger partial charge >= 0.3 is 0 Å². The molecule has 0 radical (unpaired) electrons. The average molecular weight is 357 g/mol. The number of halogens is 1. The Bertz CT molecular complexity index is 759. The number of carbonyl (C=O) groups excluding carboxylic acids is 1. The molecule has 6 heteroatoms. The number of likely N-dealkylation sites (tertiary alicyclic amines) is 1. The lowest BCUT2D eigenvalue weighted by Crippen LogP contribution is -2.44. The topological polar surface area (TPSA) is 59.2 Å². The fourth-order valence-electron chi connectivity index (χ4n) is 4.27. The highest BCUT2D eigenvalue weighted by atomic mass is 19.1. The minimum atomic E-state index is -0.301. The SMILES string of the molecule is O=C(CCc1nc(-c2ccc(F)cc2)no1)N1CC[C@@H]2CCCC[C@H]2C1. The van der Waals surface area contributed by atoms with E-state index in [1.165, 1.54) is 37.8 Å². The summed E-state index contributed by atoms with van der Waals surface area (Å²) in [5, 5.41) is 3.93. The Morgan fingerprint density at radius 1 is 1.15 bits per heavy atom. The standard InChI is InChI=1S/C20H24FN3O2/c21-17-7-5-15(6-8-17)20-22-18(26-23-20)9-10-19(25)24-12-11-14-3-1-2-4-16(14)13-24/h5-8,14,16H,1-4,9-13H2/t14-,16-/m0/s1. The van der Waals surface area contributed by atoms with Crippen molar-refractivity contribution in [2.75, 3.05) is 13.1 Å². The lowest BCUT2D eigenvalue weighted by Gasteiger charge is -2.41. The first-order valence-electron chi connectivity index (χ1n) is 9.55. The summed E-state index contributed by atoms with van der Waals surface area (Å²) >= 11 is 0. The summed E-state index contributed by atoms with van der Waals surface area (Å²) in [6, 6.07) is 5.96. The van der Waals surface area contributed by atoms with Gasteiger partial charge in [0.2, 0.25) is 17.6 Å². The van der Waals surface area contributed by atoms with Crippen LogP contribution in [0.4, 0.5) is 4.39 Å². The van der Waals surface area contributed by atoms with Crippen LogP contribution < -0.4 is 0 Å². The van der Waals surface area contributed by atoms with Crippen molar-refractivity contribution in [1.29, 1.82) is 0 Å². The van der Waals surface area contributed by atoms with E-state index in [-0.39, 0.29) is 11.7 Å². The fourth-order valence-corrected chi connectivity index (χ4v) is 4.27. The van der Waals surface area contributed by atoms with E-state index in [9.17, 15) is 9.18 Å². The van der Waals surface area contributed by atoms with E-state index in [2.05, 4.69) is 10.1 Å². The van der Waals surface area contributed by atoms with Gasteiger partial charge in [0.15, 0.2) is 0 Å². The van der Waals surface area contributed by atoms with Crippen LogP contribution in [0.3, 0.4) is 0 Å². The monoisotopic (exact) mass is 357 g/mol. The number of aryl methyl sites for hydroxylation is 1. The molecule has 1 aliphatic carbocycles. The number of benzene rings is 1. The highest BCUT2D eigenvalue weighted by Crippen LogP contribution is 2.36. The van der Waals surface area contributed by atoms with Crippen molar-refractivity contribution in [1.82, 2.24) is 15.0 Å². The molecule has 2 aromatic rings. The summed E-state index contributed by atoms with van der Waals surface area (Å²) in [7, 11) is 0. The van der Waals surface area contributed by atoms with Crippen LogP contribution >= 0.6 is 0 Å². The van der Waals surface area contributed by atoms with E-state index >= 15 is 0 Å². The van der Waals surface area contributed by atoms with Gasteiger partial charge in [-0.25, -0.2) is 4.39 Å². The fraction of sp³-hybridized carbons (Fsp3) is 0.550. The van der Waals surface area contributed by atoms with E-state index in [1.807, 2.05) is 4.90 Å². The summed E-state index contributed by atoms with van der Waals surface area (Å²) in [6.45, 7) is 1.79. The Labute approximate surface area is 152 Å². The van der Waals surface area contributed by atoms with E-state index in [4.69, 9.17) is 4.52 Å². The molecule has 2 fully saturated rings. The molecule has 0 unspecified atom stereocenters. The van der Waals surface area contributed by atoms with Gasteiger partial charge in [0, 0.05) is 31.5 Å². The predicted octanol–water partition coefficient (Wildman–Crippen LogP) is 3.85. The lowest BCUT2D eigenvalue weighted by atomic mass is 9.75. The molecular formula is C20H24FN3O2. The lowest BCUT2D eigenvalue weighted by molar-refractivity contribution is -0.134. The second-order valence-corrected chi connectivity index (χ2v) is 7.45. The van der Waals surface area contributed by atoms with Crippen molar-refractivity contribution in [3.05, 3.63) is 36.0 Å². The molecule has 2 heterocycles. The Kier molecular flexibility index (Phi) is 5.00. The molecule has 5 nitrogen and oxygen atoms in total. The van der Waals surface area contributed by atoms with Crippen molar-refractivity contribution in [3.63, 3.8) is 0 Å². The van der Waals surface area contributed by atoms with Gasteiger partial charge in [-0.2, -0.15) is 4.98 Å². The zero-order valence-electron chi connectivity index (χ0n) is 14.9. The predicted molar refractivity (Wildman–Crippen MR) is 94.7 cm³/mol. The zero-order valence-corrected chi connectivity index (χ0v) is 14.9. The summed E-state index contributed by atoms with van der Waals surface area (Å²) in [5.74, 6) is 2.26. The van der Waals surface area contributed by atoms with E-state index < -0.39 is 0 Å². The molecule has 0 N–H and O–H groups in total. The van der Waals surface area contributed by atoms with Crippen LogP contribution in [0.5, 0.6) is 0 Å². The van der Waals surface area contributed by atoms with Crippen molar-refractivity contribution in [2.24, 2.45) is 11.8 Å². The third kappa shape index (κ3) is 3.79. The third-order valence-electron chi connectivity index (χ3n) is 5.77. The van der Waals surface area contributed by atoms with Crippen molar-refractivity contribution >= 4 is 5.91 Å². The summed E-state index contributed by atoms with van der Waals surface area (Å²) in [5.41, 5.74) is 0.701. The summed E-state index contributed by atoms with van der Waals surface area (Å²) in [6.07, 6.45) is 7.23. The average Bonchev–Trinajstić information content (AvgIpc) is 3.15. The van der Waals surface area contributed by atoms with Crippen LogP contribution in [0.2, 0.25) is 0 Å². The number of aromatic nitrogens is 2. The molecule has 1 aromatic carbocycles. The van der Waals surface area contributed by atoms with Crippen LogP contribution in [-0.4, -0.2) is 34.0 Å². The van der Waals surface area contributed by atoms with Crippen molar-refractivity contribution in [3.8, 4) is 11.4 Å². The van der Waals surface area contributed by atoms with Crippen LogP contribution in [0, 0.1) is 17.7 Å². The Morgan fingerprint density at radius 2 is 1.92 bits per heavy atom. The Morgan fingerprint density at radius 3 is 2.73 bits per heavy atom. The quantitative estimate of drug-likeness (QED) is 0.834. The maximum Gasteiger partial charge on any atom is 0.227 e. The minimum Gasteiger partial charge on any atom is -0.342 e. The maximum absolute atomic E-state index is 13.0. The second kappa shape index (κ2) is 7.56. The van der Waals surface area contributed by atoms with Gasteiger partial charge in [0.05, 0.1) is 0 Å². The zero-order chi connectivity index (χ0) is 17.9. The number of rotatable bonds is 4. The van der Waals surface area contributed by atoms with E-state index in [1.54, 1.807) is 12.1 Å². The number of nitrogens with zero attached hydrogens (tertiary/aromatic N) is 3. The molecular weight excluding hydrogens is 333 g/mol. The molecule has 1 amide bonds. The van der Waals surface area contributed by atoms with Gasteiger partial charge < -0.3 is 9.42 Å². The first-order valence-corrected chi connectivity index (χ1v) is 9.55. The van der Waals surface area contributed by atoms with Gasteiger partial charge in [-0.1, -0.05) is 24.4 Å². The van der Waals surface area contributed by atoms with Gasteiger partial charge in [-0.05, 0) is 48.9 Å². The summed E-state index contributed by atoms with van der Waals surface area (Å²) < 4.78 is 18.2. The number of amides is 1. The number of hydrogen-bond acceptors (Lipinski definition) is 4. The molecule has 1 saturated heterocycles. The van der Waals surface area contributed by atoms with Crippen LogP contribution in [0.15, 0.2) is 28.8 Å². The molecule has 0 spiro atoms. The van der Waals surface area contributed by atoms with Gasteiger partial charge in [0.25, 0.3) is 0 Å². The molecule has 138 valence electrons. The van der Waals surface area contributed by atoms with Gasteiger partial charge in [-0.3, -0.25) is 4.79 Å². The second-order valence-electron chi connectivity index (χ2n) is 7.45. The molecule has 1 saturated carbocycles. The highest BCUT2D eigenvalue weighted by Gasteiger charge is 2.32. The summed E-state index contributed by atoms with van der Waals surface area (Å²) in [4.78, 5) is 18.9.